The van der Waals surface area contributed by atoms with Gasteiger partial charge >= 0.3 is 0 Å². The summed E-state index contributed by atoms with van der Waals surface area (Å²) in [5.74, 6) is 1.61. The Morgan fingerprint density at radius 1 is 1.43 bits per heavy atom. The van der Waals surface area contributed by atoms with Crippen molar-refractivity contribution in [2.75, 3.05) is 6.79 Å². The maximum Gasteiger partial charge on any atom is 0.231 e. The highest BCUT2D eigenvalue weighted by Crippen LogP contribution is 2.32. The number of benzene rings is 1. The van der Waals surface area contributed by atoms with Gasteiger partial charge in [0.25, 0.3) is 0 Å². The Bertz CT molecular complexity index is 381. The summed E-state index contributed by atoms with van der Waals surface area (Å²) >= 11 is 0. The molecule has 1 unspecified atom stereocenters. The van der Waals surface area contributed by atoms with Gasteiger partial charge in [0.15, 0.2) is 11.5 Å². The molecule has 0 spiro atoms. The number of nitriles is 1. The summed E-state index contributed by atoms with van der Waals surface area (Å²) in [5, 5.41) is 8.68. The van der Waals surface area contributed by atoms with Crippen LogP contribution in [0.3, 0.4) is 0 Å². The van der Waals surface area contributed by atoms with Gasteiger partial charge in [0.05, 0.1) is 6.07 Å². The van der Waals surface area contributed by atoms with Crippen molar-refractivity contribution in [1.29, 1.82) is 5.26 Å². The molecule has 1 heterocycles. The second-order valence-corrected chi connectivity index (χ2v) is 3.42. The molecule has 2 rings (SSSR count). The molecule has 0 saturated heterocycles. The SMILES string of the molecule is CC(C#N)Cc1ccc2c(c1)OCO2. The topological polar surface area (TPSA) is 42.2 Å². The molecule has 72 valence electrons. The Kier molecular flexibility index (Phi) is 2.28. The molecule has 0 aliphatic carbocycles. The molecule has 3 heteroatoms. The van der Waals surface area contributed by atoms with Crippen molar-refractivity contribution in [3.63, 3.8) is 0 Å². The van der Waals surface area contributed by atoms with Gasteiger partial charge in [-0.15, -0.1) is 0 Å². The zero-order valence-corrected chi connectivity index (χ0v) is 7.99. The summed E-state index contributed by atoms with van der Waals surface area (Å²) in [4.78, 5) is 0. The number of fused-ring (bicyclic) bond motifs is 1. The molecule has 0 saturated carbocycles. The van der Waals surface area contributed by atoms with Gasteiger partial charge in [0.1, 0.15) is 0 Å². The first-order valence-corrected chi connectivity index (χ1v) is 4.58. The molecule has 0 N–H and O–H groups in total. The van der Waals surface area contributed by atoms with E-state index in [9.17, 15) is 0 Å². The predicted molar refractivity (Wildman–Crippen MR) is 51.0 cm³/mol. The fraction of sp³-hybridized carbons (Fsp3) is 0.364. The van der Waals surface area contributed by atoms with E-state index in [2.05, 4.69) is 6.07 Å². The van der Waals surface area contributed by atoms with Crippen LogP contribution in [0.25, 0.3) is 0 Å². The van der Waals surface area contributed by atoms with Crippen LogP contribution in [0.15, 0.2) is 18.2 Å². The maximum atomic E-state index is 8.68. The van der Waals surface area contributed by atoms with Crippen LogP contribution in [-0.4, -0.2) is 6.79 Å². The van der Waals surface area contributed by atoms with Gasteiger partial charge in [-0.1, -0.05) is 6.07 Å². The first-order chi connectivity index (χ1) is 6.79. The third-order valence-corrected chi connectivity index (χ3v) is 2.20. The summed E-state index contributed by atoms with van der Waals surface area (Å²) < 4.78 is 10.4. The van der Waals surface area contributed by atoms with E-state index in [0.717, 1.165) is 23.5 Å². The van der Waals surface area contributed by atoms with Crippen molar-refractivity contribution in [1.82, 2.24) is 0 Å². The minimum absolute atomic E-state index is 0.0374. The molecule has 14 heavy (non-hydrogen) atoms. The minimum Gasteiger partial charge on any atom is -0.454 e. The van der Waals surface area contributed by atoms with Gasteiger partial charge in [0, 0.05) is 5.92 Å². The first-order valence-electron chi connectivity index (χ1n) is 4.58. The van der Waals surface area contributed by atoms with Crippen LogP contribution in [0.4, 0.5) is 0 Å². The van der Waals surface area contributed by atoms with E-state index in [1.165, 1.54) is 0 Å². The summed E-state index contributed by atoms with van der Waals surface area (Å²) in [6.07, 6.45) is 0.757. The quantitative estimate of drug-likeness (QED) is 0.715. The van der Waals surface area contributed by atoms with E-state index in [1.807, 2.05) is 25.1 Å². The lowest BCUT2D eigenvalue weighted by atomic mass is 10.0. The van der Waals surface area contributed by atoms with E-state index in [0.29, 0.717) is 6.79 Å². The summed E-state index contributed by atoms with van der Waals surface area (Å²) in [5.41, 5.74) is 1.11. The Balaban J connectivity index is 2.17. The molecular weight excluding hydrogens is 178 g/mol. The smallest absolute Gasteiger partial charge is 0.231 e. The van der Waals surface area contributed by atoms with Crippen LogP contribution in [-0.2, 0) is 6.42 Å². The van der Waals surface area contributed by atoms with Crippen molar-refractivity contribution in [2.45, 2.75) is 13.3 Å². The highest BCUT2D eigenvalue weighted by Gasteiger charge is 2.13. The van der Waals surface area contributed by atoms with Gasteiger partial charge in [-0.2, -0.15) is 5.26 Å². The minimum atomic E-state index is 0.0374. The summed E-state index contributed by atoms with van der Waals surface area (Å²) in [6, 6.07) is 8.01. The molecule has 1 aromatic carbocycles. The molecule has 0 aromatic heterocycles. The average Bonchev–Trinajstić information content (AvgIpc) is 2.64. The van der Waals surface area contributed by atoms with E-state index >= 15 is 0 Å². The molecule has 1 atom stereocenters. The fourth-order valence-corrected chi connectivity index (χ4v) is 1.47. The van der Waals surface area contributed by atoms with E-state index in [4.69, 9.17) is 14.7 Å². The van der Waals surface area contributed by atoms with Crippen LogP contribution in [0.2, 0.25) is 0 Å². The van der Waals surface area contributed by atoms with Crippen molar-refractivity contribution in [3.8, 4) is 17.6 Å². The summed E-state index contributed by atoms with van der Waals surface area (Å²) in [7, 11) is 0. The highest BCUT2D eigenvalue weighted by molar-refractivity contribution is 5.44. The van der Waals surface area contributed by atoms with Crippen LogP contribution >= 0.6 is 0 Å². The number of nitrogens with zero attached hydrogens (tertiary/aromatic N) is 1. The van der Waals surface area contributed by atoms with Crippen LogP contribution < -0.4 is 9.47 Å². The zero-order valence-electron chi connectivity index (χ0n) is 7.99. The van der Waals surface area contributed by atoms with Crippen LogP contribution in [0, 0.1) is 17.2 Å². The molecule has 1 aliphatic heterocycles. The van der Waals surface area contributed by atoms with Gasteiger partial charge < -0.3 is 9.47 Å². The Labute approximate surface area is 82.9 Å². The van der Waals surface area contributed by atoms with Crippen LogP contribution in [0.5, 0.6) is 11.5 Å². The van der Waals surface area contributed by atoms with Gasteiger partial charge in [-0.05, 0) is 31.0 Å². The molecule has 0 amide bonds. The standard InChI is InChI=1S/C11H11NO2/c1-8(6-12)4-9-2-3-10-11(5-9)14-7-13-10/h2-3,5,8H,4,7H2,1H3. The first kappa shape index (κ1) is 8.89. The lowest BCUT2D eigenvalue weighted by molar-refractivity contribution is 0.174. The number of hydrogen-bond donors (Lipinski definition) is 0. The second kappa shape index (κ2) is 3.59. The normalized spacial score (nSPS) is 14.9. The van der Waals surface area contributed by atoms with Crippen LogP contribution in [0.1, 0.15) is 12.5 Å². The lowest BCUT2D eigenvalue weighted by Gasteiger charge is -2.03. The Hall–Kier alpha value is -1.69. The molecule has 0 radical (unpaired) electrons. The van der Waals surface area contributed by atoms with Gasteiger partial charge in [-0.25, -0.2) is 0 Å². The largest absolute Gasteiger partial charge is 0.454 e. The second-order valence-electron chi connectivity index (χ2n) is 3.42. The molecule has 0 fully saturated rings. The molecule has 0 bridgehead atoms. The Morgan fingerprint density at radius 3 is 3.00 bits per heavy atom. The van der Waals surface area contributed by atoms with Crippen molar-refractivity contribution in [3.05, 3.63) is 23.8 Å². The maximum absolute atomic E-state index is 8.68. The Morgan fingerprint density at radius 2 is 2.21 bits per heavy atom. The van der Waals surface area contributed by atoms with E-state index in [-0.39, 0.29) is 5.92 Å². The molecular formula is C11H11NO2. The van der Waals surface area contributed by atoms with Crippen molar-refractivity contribution >= 4 is 0 Å². The lowest BCUT2D eigenvalue weighted by Crippen LogP contribution is -1.95. The third kappa shape index (κ3) is 1.64. The number of ether oxygens (including phenoxy) is 2. The number of rotatable bonds is 2. The van der Waals surface area contributed by atoms with E-state index < -0.39 is 0 Å². The highest BCUT2D eigenvalue weighted by atomic mass is 16.7. The third-order valence-electron chi connectivity index (χ3n) is 2.20. The fourth-order valence-electron chi connectivity index (χ4n) is 1.47. The zero-order chi connectivity index (χ0) is 9.97. The number of hydrogen-bond acceptors (Lipinski definition) is 3. The molecule has 1 aromatic rings. The van der Waals surface area contributed by atoms with Gasteiger partial charge in [-0.3, -0.25) is 0 Å². The molecule has 1 aliphatic rings. The van der Waals surface area contributed by atoms with Crippen molar-refractivity contribution < 1.29 is 9.47 Å². The average molecular weight is 189 g/mol. The summed E-state index contributed by atoms with van der Waals surface area (Å²) in [6.45, 7) is 2.21. The van der Waals surface area contributed by atoms with Gasteiger partial charge in [0.2, 0.25) is 6.79 Å². The predicted octanol–water partition coefficient (Wildman–Crippen LogP) is 2.12. The molecule has 3 nitrogen and oxygen atoms in total. The monoisotopic (exact) mass is 189 g/mol. The van der Waals surface area contributed by atoms with E-state index in [1.54, 1.807) is 0 Å². The van der Waals surface area contributed by atoms with Crippen molar-refractivity contribution in [2.24, 2.45) is 5.92 Å².